The fourth-order valence-electron chi connectivity index (χ4n) is 2.86. The largest absolute Gasteiger partial charge is 0.466 e. The van der Waals surface area contributed by atoms with E-state index in [9.17, 15) is 9.59 Å². The molecule has 0 bridgehead atoms. The van der Waals surface area contributed by atoms with E-state index in [-0.39, 0.29) is 36.7 Å². The number of ether oxygens (including phenoxy) is 3. The van der Waals surface area contributed by atoms with Gasteiger partial charge < -0.3 is 19.5 Å². The second-order valence-corrected chi connectivity index (χ2v) is 5.47. The summed E-state index contributed by atoms with van der Waals surface area (Å²) < 4.78 is 15.6. The van der Waals surface area contributed by atoms with Crippen LogP contribution in [0.2, 0.25) is 0 Å². The first-order valence-corrected chi connectivity index (χ1v) is 7.48. The molecule has 1 aromatic rings. The van der Waals surface area contributed by atoms with Crippen LogP contribution in [0.25, 0.3) is 0 Å². The fraction of sp³-hybridized carbons (Fsp3) is 0.500. The number of alkyl carbamates (subject to hydrolysis) is 1. The van der Waals surface area contributed by atoms with Crippen LogP contribution in [0, 0.1) is 5.92 Å². The van der Waals surface area contributed by atoms with Crippen molar-refractivity contribution >= 4 is 12.1 Å². The Labute approximate surface area is 128 Å². The number of esters is 1. The van der Waals surface area contributed by atoms with Gasteiger partial charge in [0.05, 0.1) is 24.7 Å². The van der Waals surface area contributed by atoms with Crippen molar-refractivity contribution in [3.63, 3.8) is 0 Å². The molecule has 1 N–H and O–H groups in total. The number of epoxide rings is 1. The highest BCUT2D eigenvalue weighted by Gasteiger charge is 2.59. The molecule has 1 amide bonds. The summed E-state index contributed by atoms with van der Waals surface area (Å²) in [5.74, 6) is -0.639. The summed E-state index contributed by atoms with van der Waals surface area (Å²) in [5, 5.41) is 2.74. The van der Waals surface area contributed by atoms with E-state index in [1.54, 1.807) is 6.92 Å². The number of nitrogens with one attached hydrogen (secondary N) is 1. The molecule has 1 saturated carbocycles. The third kappa shape index (κ3) is 3.22. The lowest BCUT2D eigenvalue weighted by atomic mass is 10.0. The zero-order valence-electron chi connectivity index (χ0n) is 12.4. The average Bonchev–Trinajstić information content (AvgIpc) is 3.22. The van der Waals surface area contributed by atoms with E-state index >= 15 is 0 Å². The maximum Gasteiger partial charge on any atom is 0.407 e. The van der Waals surface area contributed by atoms with Gasteiger partial charge in [-0.15, -0.1) is 0 Å². The summed E-state index contributed by atoms with van der Waals surface area (Å²) in [4.78, 5) is 23.8. The molecule has 1 saturated heterocycles. The van der Waals surface area contributed by atoms with Gasteiger partial charge >= 0.3 is 12.1 Å². The topological polar surface area (TPSA) is 77.2 Å². The number of carbonyl (C=O) groups excluding carboxylic acids is 2. The van der Waals surface area contributed by atoms with Crippen molar-refractivity contribution < 1.29 is 23.8 Å². The van der Waals surface area contributed by atoms with Crippen molar-refractivity contribution in [3.05, 3.63) is 35.9 Å². The van der Waals surface area contributed by atoms with Crippen LogP contribution in [-0.2, 0) is 25.6 Å². The summed E-state index contributed by atoms with van der Waals surface area (Å²) in [6.07, 6.45) is -0.000506. The quantitative estimate of drug-likeness (QED) is 0.661. The van der Waals surface area contributed by atoms with Crippen LogP contribution in [-0.4, -0.2) is 36.9 Å². The van der Waals surface area contributed by atoms with E-state index in [4.69, 9.17) is 14.2 Å². The zero-order valence-corrected chi connectivity index (χ0v) is 12.4. The normalized spacial score (nSPS) is 28.6. The Morgan fingerprint density at radius 2 is 2.05 bits per heavy atom. The summed E-state index contributed by atoms with van der Waals surface area (Å²) in [5.41, 5.74) is 0.909. The lowest BCUT2D eigenvalue weighted by Gasteiger charge is -2.21. The van der Waals surface area contributed by atoms with Crippen molar-refractivity contribution in [2.24, 2.45) is 5.92 Å². The third-order valence-corrected chi connectivity index (χ3v) is 3.98. The fourth-order valence-corrected chi connectivity index (χ4v) is 2.86. The molecule has 1 heterocycles. The van der Waals surface area contributed by atoms with Gasteiger partial charge in [0, 0.05) is 0 Å². The SMILES string of the molecule is CCOC(=O)C1CC2OC2C1NC(=O)OCc1ccccc1. The van der Waals surface area contributed by atoms with Gasteiger partial charge in [-0.3, -0.25) is 4.79 Å². The molecule has 1 aromatic carbocycles. The molecule has 2 fully saturated rings. The van der Waals surface area contributed by atoms with Crippen LogP contribution in [0.15, 0.2) is 30.3 Å². The number of hydrogen-bond acceptors (Lipinski definition) is 5. The van der Waals surface area contributed by atoms with Crippen LogP contribution in [0.4, 0.5) is 4.79 Å². The van der Waals surface area contributed by atoms with E-state index < -0.39 is 6.09 Å². The molecule has 0 aromatic heterocycles. The van der Waals surface area contributed by atoms with Crippen molar-refractivity contribution in [2.75, 3.05) is 6.61 Å². The third-order valence-electron chi connectivity index (χ3n) is 3.98. The number of benzene rings is 1. The number of amides is 1. The van der Waals surface area contributed by atoms with Crippen molar-refractivity contribution in [1.29, 1.82) is 0 Å². The minimum Gasteiger partial charge on any atom is -0.466 e. The first kappa shape index (κ1) is 14.8. The summed E-state index contributed by atoms with van der Waals surface area (Å²) in [6.45, 7) is 2.29. The van der Waals surface area contributed by atoms with Gasteiger partial charge in [-0.2, -0.15) is 0 Å². The molecule has 0 spiro atoms. The molecule has 1 aliphatic carbocycles. The maximum atomic E-state index is 11.9. The Morgan fingerprint density at radius 3 is 2.77 bits per heavy atom. The number of carbonyl (C=O) groups is 2. The summed E-state index contributed by atoms with van der Waals surface area (Å²) in [6, 6.07) is 9.05. The van der Waals surface area contributed by atoms with Crippen LogP contribution in [0.1, 0.15) is 18.9 Å². The average molecular weight is 305 g/mol. The number of fused-ring (bicyclic) bond motifs is 1. The van der Waals surface area contributed by atoms with Crippen molar-refractivity contribution in [2.45, 2.75) is 38.2 Å². The van der Waals surface area contributed by atoms with Gasteiger partial charge in [-0.1, -0.05) is 30.3 Å². The molecule has 6 nitrogen and oxygen atoms in total. The van der Waals surface area contributed by atoms with Gasteiger partial charge in [0.15, 0.2) is 0 Å². The van der Waals surface area contributed by atoms with Gasteiger partial charge in [0.2, 0.25) is 0 Å². The van der Waals surface area contributed by atoms with Crippen molar-refractivity contribution in [1.82, 2.24) is 5.32 Å². The second kappa shape index (κ2) is 6.36. The Kier molecular flexibility index (Phi) is 4.29. The van der Waals surface area contributed by atoms with Gasteiger partial charge in [-0.25, -0.2) is 4.79 Å². The van der Waals surface area contributed by atoms with Crippen LogP contribution in [0.5, 0.6) is 0 Å². The van der Waals surface area contributed by atoms with E-state index in [1.165, 1.54) is 0 Å². The monoisotopic (exact) mass is 305 g/mol. The highest BCUT2D eigenvalue weighted by Crippen LogP contribution is 2.43. The van der Waals surface area contributed by atoms with Crippen LogP contribution >= 0.6 is 0 Å². The molecule has 4 unspecified atom stereocenters. The van der Waals surface area contributed by atoms with Crippen LogP contribution in [0.3, 0.4) is 0 Å². The molecular formula is C16H19NO5. The molecule has 118 valence electrons. The van der Waals surface area contributed by atoms with E-state index in [0.717, 1.165) is 5.56 Å². The molecule has 6 heteroatoms. The molecule has 1 aliphatic heterocycles. The molecule has 2 aliphatic rings. The molecule has 4 atom stereocenters. The summed E-state index contributed by atoms with van der Waals surface area (Å²) in [7, 11) is 0. The first-order valence-electron chi connectivity index (χ1n) is 7.48. The Hall–Kier alpha value is -2.08. The second-order valence-electron chi connectivity index (χ2n) is 5.47. The molecule has 0 radical (unpaired) electrons. The van der Waals surface area contributed by atoms with E-state index in [1.807, 2.05) is 30.3 Å². The van der Waals surface area contributed by atoms with Gasteiger partial charge in [0.25, 0.3) is 0 Å². The first-order chi connectivity index (χ1) is 10.7. The number of hydrogen-bond donors (Lipinski definition) is 1. The highest BCUT2D eigenvalue weighted by molar-refractivity contribution is 5.76. The molecule has 3 rings (SSSR count). The predicted molar refractivity (Wildman–Crippen MR) is 77.0 cm³/mol. The highest BCUT2D eigenvalue weighted by atomic mass is 16.6. The van der Waals surface area contributed by atoms with Crippen molar-refractivity contribution in [3.8, 4) is 0 Å². The zero-order chi connectivity index (χ0) is 15.5. The molecular weight excluding hydrogens is 286 g/mol. The Morgan fingerprint density at radius 1 is 1.27 bits per heavy atom. The summed E-state index contributed by atoms with van der Waals surface area (Å²) >= 11 is 0. The maximum absolute atomic E-state index is 11.9. The Balaban J connectivity index is 1.52. The van der Waals surface area contributed by atoms with Gasteiger partial charge in [0.1, 0.15) is 12.7 Å². The smallest absolute Gasteiger partial charge is 0.407 e. The predicted octanol–water partition coefficient (Wildman–Crippen LogP) is 1.63. The minimum atomic E-state index is -0.542. The standard InChI is InChI=1S/C16H19NO5/c1-2-20-15(18)11-8-12-14(22-12)13(11)17-16(19)21-9-10-6-4-3-5-7-10/h3-7,11-14H,2,8-9H2,1H3,(H,17,19). The minimum absolute atomic E-state index is 0.0498. The van der Waals surface area contributed by atoms with E-state index in [2.05, 4.69) is 5.32 Å². The number of rotatable bonds is 5. The van der Waals surface area contributed by atoms with Gasteiger partial charge in [-0.05, 0) is 18.9 Å². The van der Waals surface area contributed by atoms with E-state index in [0.29, 0.717) is 13.0 Å². The lowest BCUT2D eigenvalue weighted by Crippen LogP contribution is -2.45. The molecule has 22 heavy (non-hydrogen) atoms. The Bertz CT molecular complexity index is 547. The lowest BCUT2D eigenvalue weighted by molar-refractivity contribution is -0.149. The van der Waals surface area contributed by atoms with Crippen LogP contribution < -0.4 is 5.32 Å².